The average Bonchev–Trinajstić information content (AvgIpc) is 3.24. The number of esters is 3. The van der Waals surface area contributed by atoms with Crippen molar-refractivity contribution in [3.63, 3.8) is 0 Å². The van der Waals surface area contributed by atoms with Gasteiger partial charge in [-0.3, -0.25) is 0 Å². The molecule has 3 aromatic carbocycles. The lowest BCUT2D eigenvalue weighted by Gasteiger charge is -2.24. The maximum Gasteiger partial charge on any atom is 0.338 e. The predicted molar refractivity (Wildman–Crippen MR) is 124 cm³/mol. The molecule has 3 aromatic rings. The zero-order valence-electron chi connectivity index (χ0n) is 18.9. The highest BCUT2D eigenvalue weighted by Crippen LogP contribution is 2.29. The van der Waals surface area contributed by atoms with Crippen LogP contribution >= 0.6 is 0 Å². The maximum absolute atomic E-state index is 12.8. The van der Waals surface area contributed by atoms with Crippen molar-refractivity contribution in [2.24, 2.45) is 0 Å². The molecule has 35 heavy (non-hydrogen) atoms. The van der Waals surface area contributed by atoms with Gasteiger partial charge in [-0.05, 0) is 36.4 Å². The largest absolute Gasteiger partial charge is 0.459 e. The topological polar surface area (TPSA) is 97.4 Å². The van der Waals surface area contributed by atoms with Gasteiger partial charge in [-0.1, -0.05) is 54.6 Å². The summed E-state index contributed by atoms with van der Waals surface area (Å²) < 4.78 is 28.0. The second-order valence-electron chi connectivity index (χ2n) is 7.72. The molecule has 1 aliphatic heterocycles. The first-order chi connectivity index (χ1) is 17.1. The minimum Gasteiger partial charge on any atom is -0.459 e. The normalized spacial score (nSPS) is 21.2. The fourth-order valence-corrected chi connectivity index (χ4v) is 3.63. The van der Waals surface area contributed by atoms with E-state index in [-0.39, 0.29) is 6.61 Å². The van der Waals surface area contributed by atoms with Crippen LogP contribution in [-0.2, 0) is 23.7 Å². The second-order valence-corrected chi connectivity index (χ2v) is 7.72. The number of rotatable bonds is 8. The van der Waals surface area contributed by atoms with Gasteiger partial charge in [0.2, 0.25) is 0 Å². The van der Waals surface area contributed by atoms with Gasteiger partial charge in [-0.15, -0.1) is 0 Å². The predicted octanol–water partition coefficient (Wildman–Crippen LogP) is 3.67. The van der Waals surface area contributed by atoms with Gasteiger partial charge < -0.3 is 23.7 Å². The van der Waals surface area contributed by atoms with Crippen LogP contribution in [0.3, 0.4) is 0 Å². The highest BCUT2D eigenvalue weighted by atomic mass is 16.7. The van der Waals surface area contributed by atoms with Crippen molar-refractivity contribution in [3.05, 3.63) is 108 Å². The van der Waals surface area contributed by atoms with E-state index in [0.29, 0.717) is 16.7 Å². The first-order valence-electron chi connectivity index (χ1n) is 11.0. The molecule has 4 rings (SSSR count). The summed E-state index contributed by atoms with van der Waals surface area (Å²) in [6.45, 7) is -0.250. The molecule has 4 atom stereocenters. The third-order valence-electron chi connectivity index (χ3n) is 5.39. The smallest absolute Gasteiger partial charge is 0.338 e. The van der Waals surface area contributed by atoms with Gasteiger partial charge in [0.1, 0.15) is 12.7 Å². The molecular weight excluding hydrogens is 452 g/mol. The van der Waals surface area contributed by atoms with Crippen LogP contribution in [0, 0.1) is 0 Å². The Morgan fingerprint density at radius 1 is 0.657 bits per heavy atom. The molecule has 1 heterocycles. The standard InChI is InChI=1S/C27H24O8/c1-31-27-23(35-26(30)20-15-9-4-10-16-20)22(34-25(29)19-13-7-3-8-14-19)21(33-27)17-32-24(28)18-11-5-2-6-12-18/h2-16,21-23,27H,17H2,1H3/t21-,22-,23+,27+/m1/s1. The summed E-state index contributed by atoms with van der Waals surface area (Å²) in [6, 6.07) is 25.2. The molecular formula is C27H24O8. The van der Waals surface area contributed by atoms with E-state index >= 15 is 0 Å². The minimum absolute atomic E-state index is 0.250. The Kier molecular flexibility index (Phi) is 7.87. The molecule has 8 nitrogen and oxygen atoms in total. The van der Waals surface area contributed by atoms with Crippen molar-refractivity contribution in [1.29, 1.82) is 0 Å². The summed E-state index contributed by atoms with van der Waals surface area (Å²) in [5, 5.41) is 0. The van der Waals surface area contributed by atoms with Gasteiger partial charge in [0.25, 0.3) is 0 Å². The van der Waals surface area contributed by atoms with Crippen molar-refractivity contribution >= 4 is 17.9 Å². The van der Waals surface area contributed by atoms with Gasteiger partial charge in [0, 0.05) is 7.11 Å². The van der Waals surface area contributed by atoms with Gasteiger partial charge in [-0.2, -0.15) is 0 Å². The molecule has 0 aliphatic carbocycles. The molecule has 0 saturated carbocycles. The van der Waals surface area contributed by atoms with Crippen molar-refractivity contribution < 1.29 is 38.1 Å². The number of methoxy groups -OCH3 is 1. The van der Waals surface area contributed by atoms with Gasteiger partial charge in [0.05, 0.1) is 16.7 Å². The lowest BCUT2D eigenvalue weighted by molar-refractivity contribution is -0.155. The number of benzene rings is 3. The van der Waals surface area contributed by atoms with Crippen LogP contribution in [0.1, 0.15) is 31.1 Å². The summed E-state index contributed by atoms with van der Waals surface area (Å²) in [5.41, 5.74) is 0.981. The van der Waals surface area contributed by atoms with Gasteiger partial charge in [-0.25, -0.2) is 14.4 Å². The Balaban J connectivity index is 1.54. The Hall–Kier alpha value is -4.01. The second kappa shape index (κ2) is 11.4. The molecule has 0 spiro atoms. The van der Waals surface area contributed by atoms with Crippen molar-refractivity contribution in [1.82, 2.24) is 0 Å². The number of carbonyl (C=O) groups is 3. The molecule has 1 fully saturated rings. The highest BCUT2D eigenvalue weighted by molar-refractivity contribution is 5.90. The van der Waals surface area contributed by atoms with Gasteiger partial charge >= 0.3 is 17.9 Å². The van der Waals surface area contributed by atoms with Crippen LogP contribution < -0.4 is 0 Å². The fraction of sp³-hybridized carbons (Fsp3) is 0.222. The molecule has 0 aromatic heterocycles. The molecule has 0 unspecified atom stereocenters. The van der Waals surface area contributed by atoms with Gasteiger partial charge in [0.15, 0.2) is 18.5 Å². The van der Waals surface area contributed by atoms with E-state index in [9.17, 15) is 14.4 Å². The molecule has 8 heteroatoms. The van der Waals surface area contributed by atoms with E-state index in [4.69, 9.17) is 23.7 Å². The maximum atomic E-state index is 12.8. The Morgan fingerprint density at radius 3 is 1.54 bits per heavy atom. The zero-order chi connectivity index (χ0) is 24.6. The summed E-state index contributed by atoms with van der Waals surface area (Å²) in [4.78, 5) is 38.0. The lowest BCUT2D eigenvalue weighted by Crippen LogP contribution is -2.42. The highest BCUT2D eigenvalue weighted by Gasteiger charge is 2.50. The third kappa shape index (κ3) is 5.92. The SMILES string of the molecule is CO[C@H]1O[C@H](COC(=O)c2ccccc2)[C@@H](OC(=O)c2ccccc2)[C@@H]1OC(=O)c1ccccc1. The lowest BCUT2D eigenvalue weighted by atomic mass is 10.1. The fourth-order valence-electron chi connectivity index (χ4n) is 3.63. The molecule has 0 radical (unpaired) electrons. The van der Waals surface area contributed by atoms with Crippen LogP contribution in [0.15, 0.2) is 91.0 Å². The average molecular weight is 476 g/mol. The van der Waals surface area contributed by atoms with E-state index in [1.54, 1.807) is 91.0 Å². The summed E-state index contributed by atoms with van der Waals surface area (Å²) in [6.07, 6.45) is -4.17. The first kappa shape index (κ1) is 24.1. The van der Waals surface area contributed by atoms with Crippen molar-refractivity contribution in [3.8, 4) is 0 Å². The van der Waals surface area contributed by atoms with E-state index in [2.05, 4.69) is 0 Å². The van der Waals surface area contributed by atoms with Crippen molar-refractivity contribution in [2.75, 3.05) is 13.7 Å². The summed E-state index contributed by atoms with van der Waals surface area (Å²) in [7, 11) is 1.38. The van der Waals surface area contributed by atoms with E-state index in [0.717, 1.165) is 0 Å². The molecule has 180 valence electrons. The molecule has 0 amide bonds. The van der Waals surface area contributed by atoms with Crippen molar-refractivity contribution in [2.45, 2.75) is 24.6 Å². The third-order valence-corrected chi connectivity index (χ3v) is 5.39. The number of carbonyl (C=O) groups excluding carboxylic acids is 3. The van der Waals surface area contributed by atoms with Crippen LogP contribution in [-0.4, -0.2) is 56.2 Å². The van der Waals surface area contributed by atoms with Crippen LogP contribution in [0.2, 0.25) is 0 Å². The van der Waals surface area contributed by atoms with E-state index in [1.807, 2.05) is 0 Å². The molecule has 1 saturated heterocycles. The zero-order valence-corrected chi connectivity index (χ0v) is 18.9. The van der Waals surface area contributed by atoms with E-state index < -0.39 is 42.5 Å². The Bertz CT molecular complexity index is 1130. The van der Waals surface area contributed by atoms with Crippen LogP contribution in [0.25, 0.3) is 0 Å². The summed E-state index contributed by atoms with van der Waals surface area (Å²) >= 11 is 0. The number of hydrogen-bond acceptors (Lipinski definition) is 8. The monoisotopic (exact) mass is 476 g/mol. The molecule has 0 bridgehead atoms. The van der Waals surface area contributed by atoms with E-state index in [1.165, 1.54) is 7.11 Å². The minimum atomic E-state index is -1.10. The molecule has 1 aliphatic rings. The Morgan fingerprint density at radius 2 is 1.09 bits per heavy atom. The van der Waals surface area contributed by atoms with Crippen LogP contribution in [0.5, 0.6) is 0 Å². The number of ether oxygens (including phenoxy) is 5. The summed E-state index contributed by atoms with van der Waals surface area (Å²) in [5.74, 6) is -1.85. The van der Waals surface area contributed by atoms with Crippen LogP contribution in [0.4, 0.5) is 0 Å². The number of hydrogen-bond donors (Lipinski definition) is 0. The quantitative estimate of drug-likeness (QED) is 0.359. The first-order valence-corrected chi connectivity index (χ1v) is 11.0. The Labute approximate surface area is 202 Å². The molecule has 0 N–H and O–H groups in total.